The highest BCUT2D eigenvalue weighted by Gasteiger charge is 2.55. The summed E-state index contributed by atoms with van der Waals surface area (Å²) in [5, 5.41) is 3.07. The topological polar surface area (TPSA) is 64.3 Å². The highest BCUT2D eigenvalue weighted by molar-refractivity contribution is 5.85. The van der Waals surface area contributed by atoms with Crippen molar-refractivity contribution in [1.82, 2.24) is 5.32 Å². The van der Waals surface area contributed by atoms with Crippen LogP contribution in [0.2, 0.25) is 0 Å². The summed E-state index contributed by atoms with van der Waals surface area (Å²) in [5.74, 6) is -0.0325. The maximum atomic E-state index is 11.4. The van der Waals surface area contributed by atoms with Gasteiger partial charge in [-0.25, -0.2) is 0 Å². The lowest BCUT2D eigenvalue weighted by Crippen LogP contribution is -2.65. The zero-order valence-electron chi connectivity index (χ0n) is 11.1. The highest BCUT2D eigenvalue weighted by Crippen LogP contribution is 2.53. The van der Waals surface area contributed by atoms with Gasteiger partial charge in [0.15, 0.2) is 0 Å². The summed E-state index contributed by atoms with van der Waals surface area (Å²) in [6.07, 6.45) is 7.52. The largest absolute Gasteiger partial charge is 0.378 e. The molecule has 2 aliphatic carbocycles. The van der Waals surface area contributed by atoms with Crippen LogP contribution in [0.1, 0.15) is 45.4 Å². The van der Waals surface area contributed by atoms with E-state index in [-0.39, 0.29) is 36.3 Å². The number of carbonyl (C=O) groups is 1. The van der Waals surface area contributed by atoms with Crippen molar-refractivity contribution in [2.24, 2.45) is 11.1 Å². The van der Waals surface area contributed by atoms with Gasteiger partial charge in [0.05, 0.1) is 12.6 Å². The first-order valence-corrected chi connectivity index (χ1v) is 6.84. The van der Waals surface area contributed by atoms with Crippen LogP contribution >= 0.6 is 12.4 Å². The molecule has 18 heavy (non-hydrogen) atoms. The van der Waals surface area contributed by atoms with Crippen LogP contribution in [0.15, 0.2) is 0 Å². The zero-order valence-corrected chi connectivity index (χ0v) is 11.9. The molecule has 2 rings (SSSR count). The second-order valence-electron chi connectivity index (χ2n) is 5.30. The van der Waals surface area contributed by atoms with Crippen LogP contribution in [0.5, 0.6) is 0 Å². The molecule has 3 N–H and O–H groups in total. The molecule has 2 aliphatic rings. The van der Waals surface area contributed by atoms with E-state index in [0.717, 1.165) is 13.0 Å². The predicted molar refractivity (Wildman–Crippen MR) is 73.8 cm³/mol. The number of halogens is 1. The van der Waals surface area contributed by atoms with Gasteiger partial charge in [0.2, 0.25) is 5.91 Å². The van der Waals surface area contributed by atoms with E-state index in [2.05, 4.69) is 5.32 Å². The number of hydrogen-bond donors (Lipinski definition) is 2. The van der Waals surface area contributed by atoms with Crippen molar-refractivity contribution < 1.29 is 9.53 Å². The summed E-state index contributed by atoms with van der Waals surface area (Å²) in [7, 11) is 0. The molecule has 5 heteroatoms. The van der Waals surface area contributed by atoms with Crippen LogP contribution < -0.4 is 11.1 Å². The zero-order chi connectivity index (χ0) is 12.3. The molecule has 2 unspecified atom stereocenters. The molecule has 0 aromatic heterocycles. The van der Waals surface area contributed by atoms with Crippen molar-refractivity contribution in [2.75, 3.05) is 13.2 Å². The minimum atomic E-state index is -0.0325. The number of amides is 1. The van der Waals surface area contributed by atoms with Crippen molar-refractivity contribution in [3.8, 4) is 0 Å². The van der Waals surface area contributed by atoms with Crippen LogP contribution in [0.25, 0.3) is 0 Å². The van der Waals surface area contributed by atoms with E-state index in [1.165, 1.54) is 32.1 Å². The van der Waals surface area contributed by atoms with Crippen molar-refractivity contribution in [2.45, 2.75) is 57.6 Å². The van der Waals surface area contributed by atoms with Gasteiger partial charge in [-0.1, -0.05) is 19.3 Å². The number of nitrogens with one attached hydrogen (secondary N) is 1. The average molecular weight is 277 g/mol. The molecule has 0 heterocycles. The number of ether oxygens (including phenoxy) is 1. The molecule has 0 bridgehead atoms. The predicted octanol–water partition coefficient (Wildman–Crippen LogP) is 1.61. The first-order valence-electron chi connectivity index (χ1n) is 6.84. The molecule has 4 nitrogen and oxygen atoms in total. The van der Waals surface area contributed by atoms with E-state index in [1.807, 2.05) is 6.92 Å². The Morgan fingerprint density at radius 1 is 1.39 bits per heavy atom. The Bertz CT molecular complexity index is 280. The Labute approximate surface area is 115 Å². The average Bonchev–Trinajstić information content (AvgIpc) is 2.38. The van der Waals surface area contributed by atoms with Gasteiger partial charge in [0.25, 0.3) is 0 Å². The van der Waals surface area contributed by atoms with Gasteiger partial charge in [0.1, 0.15) is 0 Å². The summed E-state index contributed by atoms with van der Waals surface area (Å²) in [5.41, 5.74) is 5.57. The standard InChI is InChI=1S/C13H24N2O2.ClH/c1-2-17-11-8-10(15-12(16)9-14)13(11)6-4-3-5-7-13;/h10-11H,2-9,14H2,1H3,(H,15,16);1H. The fourth-order valence-electron chi connectivity index (χ4n) is 3.52. The summed E-state index contributed by atoms with van der Waals surface area (Å²) < 4.78 is 5.83. The second kappa shape index (κ2) is 6.73. The Kier molecular flexibility index (Phi) is 5.89. The number of nitrogens with two attached hydrogens (primary N) is 1. The van der Waals surface area contributed by atoms with Crippen LogP contribution in [-0.2, 0) is 9.53 Å². The highest BCUT2D eigenvalue weighted by atomic mass is 35.5. The summed E-state index contributed by atoms with van der Waals surface area (Å²) in [6, 6.07) is 0.287. The number of rotatable bonds is 4. The maximum Gasteiger partial charge on any atom is 0.233 e. The molecule has 0 saturated heterocycles. The molecule has 0 aliphatic heterocycles. The van der Waals surface area contributed by atoms with Crippen molar-refractivity contribution in [3.63, 3.8) is 0 Å². The van der Waals surface area contributed by atoms with Gasteiger partial charge in [-0.2, -0.15) is 0 Å². The first-order chi connectivity index (χ1) is 8.23. The van der Waals surface area contributed by atoms with Crippen molar-refractivity contribution in [3.05, 3.63) is 0 Å². The molecule has 0 aromatic carbocycles. The van der Waals surface area contributed by atoms with E-state index < -0.39 is 0 Å². The molecule has 106 valence electrons. The fourth-order valence-corrected chi connectivity index (χ4v) is 3.52. The Balaban J connectivity index is 0.00000162. The fraction of sp³-hybridized carbons (Fsp3) is 0.923. The maximum absolute atomic E-state index is 11.4. The number of carbonyl (C=O) groups excluding carboxylic acids is 1. The van der Waals surface area contributed by atoms with Crippen molar-refractivity contribution >= 4 is 18.3 Å². The quantitative estimate of drug-likeness (QED) is 0.820. The van der Waals surface area contributed by atoms with Gasteiger partial charge >= 0.3 is 0 Å². The van der Waals surface area contributed by atoms with Crippen LogP contribution in [0, 0.1) is 5.41 Å². The van der Waals surface area contributed by atoms with Gasteiger partial charge in [0, 0.05) is 18.1 Å². The molecule has 0 radical (unpaired) electrons. The van der Waals surface area contributed by atoms with Gasteiger partial charge in [-0.05, 0) is 26.2 Å². The molecular formula is C13H25ClN2O2. The van der Waals surface area contributed by atoms with Gasteiger partial charge < -0.3 is 15.8 Å². The first kappa shape index (κ1) is 15.7. The third-order valence-electron chi connectivity index (χ3n) is 4.46. The molecule has 1 spiro atoms. The lowest BCUT2D eigenvalue weighted by molar-refractivity contribution is -0.156. The lowest BCUT2D eigenvalue weighted by Gasteiger charge is -2.57. The smallest absolute Gasteiger partial charge is 0.233 e. The molecule has 1 amide bonds. The number of hydrogen-bond acceptors (Lipinski definition) is 3. The van der Waals surface area contributed by atoms with Gasteiger partial charge in [-0.3, -0.25) is 4.79 Å². The second-order valence-corrected chi connectivity index (χ2v) is 5.30. The van der Waals surface area contributed by atoms with E-state index in [4.69, 9.17) is 10.5 Å². The lowest BCUT2D eigenvalue weighted by atomic mass is 9.55. The van der Waals surface area contributed by atoms with Crippen LogP contribution in [-0.4, -0.2) is 31.2 Å². The summed E-state index contributed by atoms with van der Waals surface area (Å²) in [6.45, 7) is 2.90. The molecule has 2 saturated carbocycles. The third-order valence-corrected chi connectivity index (χ3v) is 4.46. The van der Waals surface area contributed by atoms with E-state index >= 15 is 0 Å². The SMILES string of the molecule is CCOC1CC(NC(=O)CN)C12CCCCC2.Cl. The molecule has 2 fully saturated rings. The molecule has 0 aromatic rings. The minimum absolute atomic E-state index is 0. The normalized spacial score (nSPS) is 29.2. The van der Waals surface area contributed by atoms with Crippen LogP contribution in [0.4, 0.5) is 0 Å². The summed E-state index contributed by atoms with van der Waals surface area (Å²) >= 11 is 0. The van der Waals surface area contributed by atoms with Gasteiger partial charge in [-0.15, -0.1) is 12.4 Å². The monoisotopic (exact) mass is 276 g/mol. The molecular weight excluding hydrogens is 252 g/mol. The van der Waals surface area contributed by atoms with E-state index in [9.17, 15) is 4.79 Å². The minimum Gasteiger partial charge on any atom is -0.378 e. The van der Waals surface area contributed by atoms with E-state index in [0.29, 0.717) is 6.10 Å². The third kappa shape index (κ3) is 2.81. The Hall–Kier alpha value is -0.320. The van der Waals surface area contributed by atoms with E-state index in [1.54, 1.807) is 0 Å². The summed E-state index contributed by atoms with van der Waals surface area (Å²) in [4.78, 5) is 11.4. The van der Waals surface area contributed by atoms with Crippen LogP contribution in [0.3, 0.4) is 0 Å². The van der Waals surface area contributed by atoms with Crippen molar-refractivity contribution in [1.29, 1.82) is 0 Å². The molecule has 2 atom stereocenters. The Morgan fingerprint density at radius 2 is 2.06 bits per heavy atom. The Morgan fingerprint density at radius 3 is 2.61 bits per heavy atom.